The SMILES string of the molecule is CCC(C)(O)CNc1cccc(F)n1. The van der Waals surface area contributed by atoms with Crippen molar-refractivity contribution in [3.05, 3.63) is 24.1 Å². The average molecular weight is 198 g/mol. The molecule has 0 aliphatic rings. The number of anilines is 1. The lowest BCUT2D eigenvalue weighted by atomic mass is 10.0. The Bertz CT molecular complexity index is 302. The fraction of sp³-hybridized carbons (Fsp3) is 0.500. The summed E-state index contributed by atoms with van der Waals surface area (Å²) in [5.74, 6) is -0.0788. The van der Waals surface area contributed by atoms with Crippen LogP contribution in [0.4, 0.5) is 10.2 Å². The van der Waals surface area contributed by atoms with Gasteiger partial charge in [-0.1, -0.05) is 13.0 Å². The molecular weight excluding hydrogens is 183 g/mol. The van der Waals surface area contributed by atoms with Crippen molar-refractivity contribution in [3.8, 4) is 0 Å². The van der Waals surface area contributed by atoms with Crippen LogP contribution in [-0.4, -0.2) is 22.2 Å². The Morgan fingerprint density at radius 2 is 2.29 bits per heavy atom. The van der Waals surface area contributed by atoms with E-state index in [1.165, 1.54) is 6.07 Å². The summed E-state index contributed by atoms with van der Waals surface area (Å²) in [7, 11) is 0. The van der Waals surface area contributed by atoms with Crippen LogP contribution in [0.15, 0.2) is 18.2 Å². The average Bonchev–Trinajstić information content (AvgIpc) is 2.15. The summed E-state index contributed by atoms with van der Waals surface area (Å²) in [5, 5.41) is 12.5. The monoisotopic (exact) mass is 198 g/mol. The minimum atomic E-state index is -0.784. The van der Waals surface area contributed by atoms with Crippen molar-refractivity contribution in [1.82, 2.24) is 4.98 Å². The molecule has 1 aromatic heterocycles. The molecule has 1 unspecified atom stereocenters. The molecular formula is C10H15FN2O. The fourth-order valence-corrected chi connectivity index (χ4v) is 0.913. The Balaban J connectivity index is 2.54. The number of halogens is 1. The second-order valence-corrected chi connectivity index (χ2v) is 3.55. The van der Waals surface area contributed by atoms with Crippen molar-refractivity contribution in [2.75, 3.05) is 11.9 Å². The first kappa shape index (κ1) is 10.9. The Morgan fingerprint density at radius 3 is 2.86 bits per heavy atom. The summed E-state index contributed by atoms with van der Waals surface area (Å²) in [4.78, 5) is 3.62. The first-order valence-electron chi connectivity index (χ1n) is 4.62. The normalized spacial score (nSPS) is 14.9. The molecule has 1 atom stereocenters. The third kappa shape index (κ3) is 3.30. The highest BCUT2D eigenvalue weighted by Gasteiger charge is 2.16. The maximum Gasteiger partial charge on any atom is 0.214 e. The molecule has 1 aromatic rings. The van der Waals surface area contributed by atoms with Gasteiger partial charge in [-0.3, -0.25) is 0 Å². The zero-order chi connectivity index (χ0) is 10.6. The standard InChI is InChI=1S/C10H15FN2O/c1-3-10(2,14)7-12-9-6-4-5-8(11)13-9/h4-6,14H,3,7H2,1-2H3,(H,12,13). The van der Waals surface area contributed by atoms with Crippen molar-refractivity contribution in [2.24, 2.45) is 0 Å². The van der Waals surface area contributed by atoms with Crippen molar-refractivity contribution in [3.63, 3.8) is 0 Å². The van der Waals surface area contributed by atoms with Crippen molar-refractivity contribution in [2.45, 2.75) is 25.9 Å². The van der Waals surface area contributed by atoms with E-state index in [0.29, 0.717) is 18.8 Å². The number of rotatable bonds is 4. The van der Waals surface area contributed by atoms with E-state index in [2.05, 4.69) is 10.3 Å². The van der Waals surface area contributed by atoms with Gasteiger partial charge in [0.05, 0.1) is 5.60 Å². The van der Waals surface area contributed by atoms with Gasteiger partial charge in [0.1, 0.15) is 5.82 Å². The van der Waals surface area contributed by atoms with Gasteiger partial charge < -0.3 is 10.4 Å². The number of hydrogen-bond acceptors (Lipinski definition) is 3. The quantitative estimate of drug-likeness (QED) is 0.725. The van der Waals surface area contributed by atoms with Gasteiger partial charge in [0.15, 0.2) is 0 Å². The minimum absolute atomic E-state index is 0.361. The van der Waals surface area contributed by atoms with E-state index >= 15 is 0 Å². The number of nitrogens with zero attached hydrogens (tertiary/aromatic N) is 1. The zero-order valence-electron chi connectivity index (χ0n) is 8.42. The topological polar surface area (TPSA) is 45.1 Å². The molecule has 1 rings (SSSR count). The van der Waals surface area contributed by atoms with Gasteiger partial charge in [0, 0.05) is 6.54 Å². The van der Waals surface area contributed by atoms with E-state index < -0.39 is 11.5 Å². The molecule has 0 saturated heterocycles. The van der Waals surface area contributed by atoms with E-state index in [4.69, 9.17) is 0 Å². The molecule has 0 saturated carbocycles. The fourth-order valence-electron chi connectivity index (χ4n) is 0.913. The van der Waals surface area contributed by atoms with Crippen molar-refractivity contribution < 1.29 is 9.50 Å². The van der Waals surface area contributed by atoms with E-state index in [-0.39, 0.29) is 0 Å². The minimum Gasteiger partial charge on any atom is -0.388 e. The van der Waals surface area contributed by atoms with E-state index in [9.17, 15) is 9.50 Å². The smallest absolute Gasteiger partial charge is 0.214 e. The van der Waals surface area contributed by atoms with Crippen LogP contribution in [0.1, 0.15) is 20.3 Å². The highest BCUT2D eigenvalue weighted by molar-refractivity contribution is 5.33. The molecule has 2 N–H and O–H groups in total. The molecule has 4 heteroatoms. The predicted octanol–water partition coefficient (Wildman–Crippen LogP) is 1.79. The molecule has 0 spiro atoms. The number of hydrogen-bond donors (Lipinski definition) is 2. The molecule has 0 radical (unpaired) electrons. The lowest BCUT2D eigenvalue weighted by molar-refractivity contribution is 0.0696. The van der Waals surface area contributed by atoms with Gasteiger partial charge in [0.25, 0.3) is 0 Å². The number of pyridine rings is 1. The molecule has 78 valence electrons. The summed E-state index contributed by atoms with van der Waals surface area (Å²) in [6.07, 6.45) is 0.634. The zero-order valence-corrected chi connectivity index (χ0v) is 8.42. The van der Waals surface area contributed by atoms with Crippen molar-refractivity contribution >= 4 is 5.82 Å². The second kappa shape index (κ2) is 4.37. The lowest BCUT2D eigenvalue weighted by Gasteiger charge is -2.21. The number of nitrogens with one attached hydrogen (secondary N) is 1. The Labute approximate surface area is 83.0 Å². The summed E-state index contributed by atoms with van der Waals surface area (Å²) in [6, 6.07) is 4.52. The Morgan fingerprint density at radius 1 is 1.57 bits per heavy atom. The van der Waals surface area contributed by atoms with Crippen LogP contribution in [0.2, 0.25) is 0 Å². The maximum atomic E-state index is 12.7. The largest absolute Gasteiger partial charge is 0.388 e. The third-order valence-corrected chi connectivity index (χ3v) is 2.13. The molecule has 0 fully saturated rings. The van der Waals surface area contributed by atoms with Crippen molar-refractivity contribution in [1.29, 1.82) is 0 Å². The Kier molecular flexibility index (Phi) is 3.41. The highest BCUT2D eigenvalue weighted by atomic mass is 19.1. The van der Waals surface area contributed by atoms with Gasteiger partial charge in [-0.15, -0.1) is 0 Å². The highest BCUT2D eigenvalue weighted by Crippen LogP contribution is 2.10. The summed E-state index contributed by atoms with van der Waals surface area (Å²) in [6.45, 7) is 3.97. The molecule has 0 aliphatic heterocycles. The Hall–Kier alpha value is -1.16. The van der Waals surface area contributed by atoms with E-state index in [0.717, 1.165) is 0 Å². The molecule has 0 amide bonds. The van der Waals surface area contributed by atoms with Gasteiger partial charge in [0.2, 0.25) is 5.95 Å². The number of aromatic nitrogens is 1. The van der Waals surface area contributed by atoms with Gasteiger partial charge in [-0.2, -0.15) is 4.39 Å². The first-order chi connectivity index (χ1) is 6.53. The predicted molar refractivity (Wildman–Crippen MR) is 53.6 cm³/mol. The molecule has 1 heterocycles. The molecule has 14 heavy (non-hydrogen) atoms. The van der Waals surface area contributed by atoms with Gasteiger partial charge >= 0.3 is 0 Å². The number of aliphatic hydroxyl groups is 1. The van der Waals surface area contributed by atoms with Crippen LogP contribution >= 0.6 is 0 Å². The molecule has 0 bridgehead atoms. The third-order valence-electron chi connectivity index (χ3n) is 2.13. The first-order valence-corrected chi connectivity index (χ1v) is 4.62. The second-order valence-electron chi connectivity index (χ2n) is 3.55. The summed E-state index contributed by atoms with van der Waals surface area (Å²) >= 11 is 0. The molecule has 0 aliphatic carbocycles. The maximum absolute atomic E-state index is 12.7. The van der Waals surface area contributed by atoms with Crippen LogP contribution in [-0.2, 0) is 0 Å². The van der Waals surface area contributed by atoms with Crippen LogP contribution in [0.3, 0.4) is 0 Å². The summed E-state index contributed by atoms with van der Waals surface area (Å²) in [5.41, 5.74) is -0.784. The van der Waals surface area contributed by atoms with E-state index in [1.807, 2.05) is 6.92 Å². The van der Waals surface area contributed by atoms with Crippen LogP contribution in [0, 0.1) is 5.95 Å². The lowest BCUT2D eigenvalue weighted by Crippen LogP contribution is -2.32. The van der Waals surface area contributed by atoms with Crippen LogP contribution in [0.5, 0.6) is 0 Å². The van der Waals surface area contributed by atoms with Crippen LogP contribution < -0.4 is 5.32 Å². The van der Waals surface area contributed by atoms with Crippen LogP contribution in [0.25, 0.3) is 0 Å². The van der Waals surface area contributed by atoms with Gasteiger partial charge in [-0.25, -0.2) is 4.98 Å². The van der Waals surface area contributed by atoms with E-state index in [1.54, 1.807) is 19.1 Å². The summed E-state index contributed by atoms with van der Waals surface area (Å²) < 4.78 is 12.7. The molecule has 0 aromatic carbocycles. The molecule has 3 nitrogen and oxygen atoms in total. The van der Waals surface area contributed by atoms with Gasteiger partial charge in [-0.05, 0) is 25.5 Å².